The van der Waals surface area contributed by atoms with Gasteiger partial charge in [-0.1, -0.05) is 133 Å². The predicted molar refractivity (Wildman–Crippen MR) is 235 cm³/mol. The van der Waals surface area contributed by atoms with Crippen LogP contribution in [0.1, 0.15) is 0 Å². The van der Waals surface area contributed by atoms with Gasteiger partial charge in [0.2, 0.25) is 0 Å². The van der Waals surface area contributed by atoms with Gasteiger partial charge in [-0.05, 0) is 94.7 Å². The molecule has 0 atom stereocenters. The van der Waals surface area contributed by atoms with E-state index in [4.69, 9.17) is 0 Å². The quantitative estimate of drug-likeness (QED) is 0.154. The highest BCUT2D eigenvalue weighted by Gasteiger charge is 2.19. The lowest BCUT2D eigenvalue weighted by Gasteiger charge is -2.27. The Morgan fingerprint density at radius 1 is 0.296 bits per heavy atom. The third-order valence-electron chi connectivity index (χ3n) is 10.0. The van der Waals surface area contributed by atoms with E-state index in [1.54, 1.807) is 0 Å². The van der Waals surface area contributed by atoms with E-state index in [9.17, 15) is 0 Å². The van der Waals surface area contributed by atoms with E-state index in [1.165, 1.54) is 63.2 Å². The van der Waals surface area contributed by atoms with Gasteiger partial charge in [-0.15, -0.1) is 22.7 Å². The van der Waals surface area contributed by atoms with Crippen LogP contribution in [0.15, 0.2) is 206 Å². The van der Waals surface area contributed by atoms with Crippen molar-refractivity contribution in [1.29, 1.82) is 0 Å². The normalized spacial score (nSPS) is 11.3. The molecule has 2 aromatic heterocycles. The van der Waals surface area contributed by atoms with Gasteiger partial charge in [0.1, 0.15) is 0 Å². The second-order valence-corrected chi connectivity index (χ2v) is 15.6. The number of rotatable bonds is 8. The minimum Gasteiger partial charge on any atom is -0.310 e. The number of para-hydroxylation sites is 2. The zero-order chi connectivity index (χ0) is 35.8. The van der Waals surface area contributed by atoms with Crippen LogP contribution in [-0.2, 0) is 0 Å². The maximum Gasteiger partial charge on any atom is 0.0540 e. The van der Waals surface area contributed by atoms with Gasteiger partial charge < -0.3 is 9.80 Å². The molecule has 10 aromatic rings. The molecule has 0 fully saturated rings. The smallest absolute Gasteiger partial charge is 0.0540 e. The summed E-state index contributed by atoms with van der Waals surface area (Å²) in [6, 6.07) is 74.4. The summed E-state index contributed by atoms with van der Waals surface area (Å²) in [6.45, 7) is 0. The fourth-order valence-electron chi connectivity index (χ4n) is 7.53. The summed E-state index contributed by atoms with van der Waals surface area (Å²) < 4.78 is 2.62. The molecule has 8 aromatic carbocycles. The van der Waals surface area contributed by atoms with Gasteiger partial charge >= 0.3 is 0 Å². The fourth-order valence-corrected chi connectivity index (χ4v) is 9.92. The van der Waals surface area contributed by atoms with E-state index in [0.29, 0.717) is 0 Å². The van der Waals surface area contributed by atoms with E-state index >= 15 is 0 Å². The first kappa shape index (κ1) is 32.2. The van der Waals surface area contributed by atoms with Crippen molar-refractivity contribution in [2.75, 3.05) is 9.80 Å². The fraction of sp³-hybridized carbons (Fsp3) is 0. The van der Waals surface area contributed by atoms with Crippen LogP contribution in [0.4, 0.5) is 34.1 Å². The maximum atomic E-state index is 2.38. The van der Waals surface area contributed by atoms with Crippen molar-refractivity contribution in [3.05, 3.63) is 206 Å². The number of hydrogen-bond acceptors (Lipinski definition) is 4. The lowest BCUT2D eigenvalue weighted by atomic mass is 10.1. The number of hydrogen-bond donors (Lipinski definition) is 0. The van der Waals surface area contributed by atoms with Crippen LogP contribution >= 0.6 is 22.7 Å². The topological polar surface area (TPSA) is 6.48 Å². The Morgan fingerprint density at radius 2 is 0.667 bits per heavy atom. The van der Waals surface area contributed by atoms with Gasteiger partial charge in [0.05, 0.1) is 11.4 Å². The number of anilines is 6. The first-order valence-corrected chi connectivity index (χ1v) is 19.8. The third kappa shape index (κ3) is 5.92. The van der Waals surface area contributed by atoms with E-state index in [0.717, 1.165) is 22.7 Å². The molecular formula is C50H34N2S2. The Bertz CT molecular complexity index is 2670. The van der Waals surface area contributed by atoms with Crippen molar-refractivity contribution < 1.29 is 0 Å². The molecule has 0 amide bonds. The van der Waals surface area contributed by atoms with Crippen LogP contribution in [0.2, 0.25) is 0 Å². The van der Waals surface area contributed by atoms with Gasteiger partial charge in [-0.3, -0.25) is 0 Å². The van der Waals surface area contributed by atoms with E-state index in [-0.39, 0.29) is 0 Å². The number of benzene rings is 8. The van der Waals surface area contributed by atoms with Crippen molar-refractivity contribution in [1.82, 2.24) is 0 Å². The largest absolute Gasteiger partial charge is 0.310 e. The second-order valence-electron chi connectivity index (χ2n) is 13.4. The van der Waals surface area contributed by atoms with Crippen LogP contribution in [-0.4, -0.2) is 0 Å². The molecule has 54 heavy (non-hydrogen) atoms. The Kier molecular flexibility index (Phi) is 8.25. The zero-order valence-electron chi connectivity index (χ0n) is 29.3. The first-order valence-electron chi connectivity index (χ1n) is 18.2. The first-order chi connectivity index (χ1) is 26.8. The molecule has 0 spiro atoms. The highest BCUT2D eigenvalue weighted by molar-refractivity contribution is 7.31. The van der Waals surface area contributed by atoms with Gasteiger partial charge in [0.15, 0.2) is 0 Å². The maximum absolute atomic E-state index is 2.38. The Balaban J connectivity index is 1.01. The van der Waals surface area contributed by atoms with Crippen molar-refractivity contribution in [3.63, 3.8) is 0 Å². The molecular weight excluding hydrogens is 693 g/mol. The van der Waals surface area contributed by atoms with E-state index in [1.807, 2.05) is 22.7 Å². The highest BCUT2D eigenvalue weighted by Crippen LogP contribution is 2.46. The summed E-state index contributed by atoms with van der Waals surface area (Å²) >= 11 is 3.74. The summed E-state index contributed by atoms with van der Waals surface area (Å²) in [5.74, 6) is 0. The number of fused-ring (bicyclic) bond motifs is 3. The Hall–Kier alpha value is -6.46. The molecule has 0 aliphatic heterocycles. The average molecular weight is 727 g/mol. The summed E-state index contributed by atoms with van der Waals surface area (Å²) in [7, 11) is 0. The second kappa shape index (κ2) is 13.8. The molecule has 0 saturated carbocycles. The molecule has 0 N–H and O–H groups in total. The monoisotopic (exact) mass is 726 g/mol. The van der Waals surface area contributed by atoms with E-state index < -0.39 is 0 Å². The SMILES string of the molecule is c1ccc(N(c2cccc(-c3cc4sc(-c5cccc(N(c6ccccc6)c6cccc7ccccc67)c5)cc4s3)c2)c2cccc3ccccc23)cc1. The van der Waals surface area contributed by atoms with Gasteiger partial charge in [0, 0.05) is 52.7 Å². The molecule has 256 valence electrons. The molecule has 2 heterocycles. The van der Waals surface area contributed by atoms with Crippen LogP contribution in [0.25, 0.3) is 51.8 Å². The summed E-state index contributed by atoms with van der Waals surface area (Å²) in [6.07, 6.45) is 0. The summed E-state index contributed by atoms with van der Waals surface area (Å²) in [5, 5.41) is 4.92. The predicted octanol–water partition coefficient (Wildman–Crippen LogP) is 15.5. The molecule has 0 unspecified atom stereocenters. The van der Waals surface area contributed by atoms with Gasteiger partial charge in [-0.2, -0.15) is 0 Å². The molecule has 0 saturated heterocycles. The molecule has 4 heteroatoms. The van der Waals surface area contributed by atoms with Crippen LogP contribution in [0, 0.1) is 0 Å². The molecule has 0 aliphatic carbocycles. The molecule has 0 aliphatic rings. The van der Waals surface area contributed by atoms with Crippen molar-refractivity contribution in [2.45, 2.75) is 0 Å². The van der Waals surface area contributed by atoms with Crippen LogP contribution in [0.3, 0.4) is 0 Å². The van der Waals surface area contributed by atoms with Gasteiger partial charge in [-0.25, -0.2) is 0 Å². The summed E-state index contributed by atoms with van der Waals surface area (Å²) in [5.41, 5.74) is 9.33. The molecule has 2 nitrogen and oxygen atoms in total. The minimum absolute atomic E-state index is 1.14. The van der Waals surface area contributed by atoms with Crippen molar-refractivity contribution >= 4 is 87.7 Å². The summed E-state index contributed by atoms with van der Waals surface area (Å²) in [4.78, 5) is 7.30. The molecule has 0 radical (unpaired) electrons. The lowest BCUT2D eigenvalue weighted by molar-refractivity contribution is 1.30. The standard InChI is InChI=1S/C50H34N2S2/c1-3-21-39(22-4-1)51(45-29-13-17-35-15-7-9-27-43(35)45)41-25-11-19-37(31-41)47-33-49-50(53-47)34-48(54-49)38-20-12-26-42(32-38)52(40-23-5-2-6-24-40)46-30-14-18-36-16-8-10-28-44(36)46/h1-34H. The third-order valence-corrected chi connectivity index (χ3v) is 12.4. The Labute approximate surface area is 323 Å². The Morgan fingerprint density at radius 3 is 1.13 bits per heavy atom. The van der Waals surface area contributed by atoms with Crippen LogP contribution < -0.4 is 9.80 Å². The lowest BCUT2D eigenvalue weighted by Crippen LogP contribution is -2.10. The van der Waals surface area contributed by atoms with Crippen molar-refractivity contribution in [3.8, 4) is 20.9 Å². The van der Waals surface area contributed by atoms with Gasteiger partial charge in [0.25, 0.3) is 0 Å². The van der Waals surface area contributed by atoms with Crippen LogP contribution in [0.5, 0.6) is 0 Å². The molecule has 10 rings (SSSR count). The number of thiophene rings is 2. The number of nitrogens with zero attached hydrogens (tertiary/aromatic N) is 2. The highest BCUT2D eigenvalue weighted by atomic mass is 32.1. The van der Waals surface area contributed by atoms with E-state index in [2.05, 4.69) is 216 Å². The van der Waals surface area contributed by atoms with Crippen molar-refractivity contribution in [2.24, 2.45) is 0 Å². The average Bonchev–Trinajstić information content (AvgIpc) is 3.83. The zero-order valence-corrected chi connectivity index (χ0v) is 31.0. The molecule has 0 bridgehead atoms. The minimum atomic E-state index is 1.14.